The second kappa shape index (κ2) is 9.69. The molecular weight excluding hydrogens is 410 g/mol. The molecule has 2 heterocycles. The molecule has 1 N–H and O–H groups in total. The van der Waals surface area contributed by atoms with Crippen LogP contribution in [0.3, 0.4) is 0 Å². The number of hydrogen-bond donors (Lipinski definition) is 1. The van der Waals surface area contributed by atoms with Crippen LogP contribution in [0.1, 0.15) is 5.56 Å². The van der Waals surface area contributed by atoms with Gasteiger partial charge in [0.15, 0.2) is 6.61 Å². The van der Waals surface area contributed by atoms with Gasteiger partial charge in [-0.2, -0.15) is 5.10 Å². The highest BCUT2D eigenvalue weighted by Gasteiger charge is 2.12. The molecular formula is C24H19N3O3S. The van der Waals surface area contributed by atoms with Crippen LogP contribution in [0.15, 0.2) is 90.4 Å². The lowest BCUT2D eigenvalue weighted by Crippen LogP contribution is -2.20. The van der Waals surface area contributed by atoms with Crippen molar-refractivity contribution in [3.8, 4) is 16.3 Å². The van der Waals surface area contributed by atoms with E-state index >= 15 is 0 Å². The number of para-hydroxylation sites is 2. The number of thiophene rings is 1. The summed E-state index contributed by atoms with van der Waals surface area (Å²) in [7, 11) is 0. The molecule has 0 aliphatic carbocycles. The molecule has 31 heavy (non-hydrogen) atoms. The Balaban J connectivity index is 1.44. The van der Waals surface area contributed by atoms with Crippen molar-refractivity contribution in [3.05, 3.63) is 96.0 Å². The van der Waals surface area contributed by atoms with Gasteiger partial charge < -0.3 is 10.1 Å². The lowest BCUT2D eigenvalue weighted by Gasteiger charge is -2.04. The maximum absolute atomic E-state index is 12.1. The standard InChI is InChI=1S/C24H19N3O3S/c28-22(25-19-8-3-1-4-9-19)17-30-23(29)14-13-18-16-27(20-10-5-2-6-11-20)26-24(18)21-12-7-15-31-21/h1-16H,17H2,(H,25,28). The summed E-state index contributed by atoms with van der Waals surface area (Å²) in [4.78, 5) is 25.1. The van der Waals surface area contributed by atoms with Crippen molar-refractivity contribution in [2.45, 2.75) is 0 Å². The third-order valence-corrected chi connectivity index (χ3v) is 5.20. The molecule has 0 unspecified atom stereocenters. The lowest BCUT2D eigenvalue weighted by molar-refractivity contribution is -0.142. The summed E-state index contributed by atoms with van der Waals surface area (Å²) in [5.41, 5.74) is 3.11. The number of ether oxygens (including phenoxy) is 1. The van der Waals surface area contributed by atoms with Gasteiger partial charge in [-0.05, 0) is 41.8 Å². The van der Waals surface area contributed by atoms with E-state index < -0.39 is 11.9 Å². The van der Waals surface area contributed by atoms with Gasteiger partial charge in [0, 0.05) is 23.5 Å². The number of nitrogens with zero attached hydrogens (tertiary/aromatic N) is 2. The smallest absolute Gasteiger partial charge is 0.331 e. The van der Waals surface area contributed by atoms with E-state index in [-0.39, 0.29) is 6.61 Å². The Bertz CT molecular complexity index is 1180. The van der Waals surface area contributed by atoms with Gasteiger partial charge in [-0.1, -0.05) is 42.5 Å². The van der Waals surface area contributed by atoms with Crippen LogP contribution in [-0.2, 0) is 14.3 Å². The molecule has 1 amide bonds. The number of carbonyl (C=O) groups is 2. The minimum absolute atomic E-state index is 0.362. The van der Waals surface area contributed by atoms with E-state index in [0.29, 0.717) is 5.69 Å². The molecule has 4 rings (SSSR count). The number of benzene rings is 2. The highest BCUT2D eigenvalue weighted by molar-refractivity contribution is 7.13. The highest BCUT2D eigenvalue weighted by Crippen LogP contribution is 2.28. The zero-order chi connectivity index (χ0) is 21.5. The summed E-state index contributed by atoms with van der Waals surface area (Å²) in [6.45, 7) is -0.362. The molecule has 0 atom stereocenters. The molecule has 6 nitrogen and oxygen atoms in total. The van der Waals surface area contributed by atoms with Crippen molar-refractivity contribution in [3.63, 3.8) is 0 Å². The van der Waals surface area contributed by atoms with Gasteiger partial charge in [-0.15, -0.1) is 11.3 Å². The molecule has 0 aliphatic rings. The number of rotatable bonds is 7. The number of anilines is 1. The lowest BCUT2D eigenvalue weighted by atomic mass is 10.2. The number of amides is 1. The van der Waals surface area contributed by atoms with Gasteiger partial charge >= 0.3 is 5.97 Å². The van der Waals surface area contributed by atoms with Crippen LogP contribution < -0.4 is 5.32 Å². The Morgan fingerprint density at radius 1 is 1.00 bits per heavy atom. The Morgan fingerprint density at radius 3 is 2.45 bits per heavy atom. The fourth-order valence-electron chi connectivity index (χ4n) is 2.89. The average Bonchev–Trinajstić information content (AvgIpc) is 3.47. The number of esters is 1. The molecule has 154 valence electrons. The minimum Gasteiger partial charge on any atom is -0.452 e. The molecule has 0 radical (unpaired) electrons. The maximum atomic E-state index is 12.1. The Morgan fingerprint density at radius 2 is 1.74 bits per heavy atom. The van der Waals surface area contributed by atoms with Gasteiger partial charge in [0.2, 0.25) is 0 Å². The van der Waals surface area contributed by atoms with E-state index in [4.69, 9.17) is 4.74 Å². The van der Waals surface area contributed by atoms with Crippen LogP contribution in [0.25, 0.3) is 22.3 Å². The molecule has 7 heteroatoms. The van der Waals surface area contributed by atoms with E-state index in [1.54, 1.807) is 34.2 Å². The summed E-state index contributed by atoms with van der Waals surface area (Å²) < 4.78 is 6.83. The number of nitrogens with one attached hydrogen (secondary N) is 1. The fourth-order valence-corrected chi connectivity index (χ4v) is 3.62. The second-order valence-corrected chi connectivity index (χ2v) is 7.49. The van der Waals surface area contributed by atoms with Crippen LogP contribution >= 0.6 is 11.3 Å². The molecule has 0 fully saturated rings. The normalized spacial score (nSPS) is 10.8. The highest BCUT2D eigenvalue weighted by atomic mass is 32.1. The molecule has 2 aromatic carbocycles. The minimum atomic E-state index is -0.604. The number of aromatic nitrogens is 2. The van der Waals surface area contributed by atoms with Crippen LogP contribution in [0.5, 0.6) is 0 Å². The molecule has 0 aliphatic heterocycles. The second-order valence-electron chi connectivity index (χ2n) is 6.55. The van der Waals surface area contributed by atoms with Gasteiger partial charge in [-0.3, -0.25) is 4.79 Å². The quantitative estimate of drug-likeness (QED) is 0.338. The van der Waals surface area contributed by atoms with E-state index in [9.17, 15) is 9.59 Å². The summed E-state index contributed by atoms with van der Waals surface area (Å²) in [6.07, 6.45) is 4.81. The van der Waals surface area contributed by atoms with E-state index in [2.05, 4.69) is 10.4 Å². The SMILES string of the molecule is O=C(COC(=O)C=Cc1cn(-c2ccccc2)nc1-c1cccs1)Nc1ccccc1. The summed E-state index contributed by atoms with van der Waals surface area (Å²) in [5, 5.41) is 9.33. The largest absolute Gasteiger partial charge is 0.452 e. The van der Waals surface area contributed by atoms with Crippen LogP contribution in [0, 0.1) is 0 Å². The van der Waals surface area contributed by atoms with Crippen molar-refractivity contribution in [1.82, 2.24) is 9.78 Å². The van der Waals surface area contributed by atoms with Crippen LogP contribution in [-0.4, -0.2) is 28.3 Å². The molecule has 0 saturated heterocycles. The predicted octanol–water partition coefficient (Wildman–Crippen LogP) is 4.80. The average molecular weight is 430 g/mol. The van der Waals surface area contributed by atoms with Crippen molar-refractivity contribution in [1.29, 1.82) is 0 Å². The van der Waals surface area contributed by atoms with Crippen molar-refractivity contribution in [2.75, 3.05) is 11.9 Å². The Kier molecular flexibility index (Phi) is 6.35. The van der Waals surface area contributed by atoms with Crippen LogP contribution in [0.2, 0.25) is 0 Å². The third-order valence-electron chi connectivity index (χ3n) is 4.32. The first-order valence-corrected chi connectivity index (χ1v) is 10.5. The molecule has 4 aromatic rings. The first-order valence-electron chi connectivity index (χ1n) is 9.58. The van der Waals surface area contributed by atoms with Crippen molar-refractivity contribution >= 4 is 35.0 Å². The van der Waals surface area contributed by atoms with Gasteiger partial charge in [0.1, 0.15) is 5.69 Å². The fraction of sp³-hybridized carbons (Fsp3) is 0.0417. The molecule has 0 saturated carbocycles. The molecule has 0 bridgehead atoms. The van der Waals surface area contributed by atoms with E-state index in [0.717, 1.165) is 21.8 Å². The van der Waals surface area contributed by atoms with Gasteiger partial charge in [0.05, 0.1) is 10.6 Å². The summed E-state index contributed by atoms with van der Waals surface area (Å²) in [6, 6.07) is 22.7. The number of hydrogen-bond acceptors (Lipinski definition) is 5. The van der Waals surface area contributed by atoms with Gasteiger partial charge in [-0.25, -0.2) is 9.48 Å². The Hall–Kier alpha value is -3.97. The molecule has 0 spiro atoms. The zero-order valence-electron chi connectivity index (χ0n) is 16.5. The monoisotopic (exact) mass is 429 g/mol. The van der Waals surface area contributed by atoms with E-state index in [1.807, 2.05) is 72.2 Å². The zero-order valence-corrected chi connectivity index (χ0v) is 17.3. The van der Waals surface area contributed by atoms with Gasteiger partial charge in [0.25, 0.3) is 5.91 Å². The molecule has 2 aromatic heterocycles. The maximum Gasteiger partial charge on any atom is 0.331 e. The first kappa shape index (κ1) is 20.3. The number of carbonyl (C=O) groups excluding carboxylic acids is 2. The van der Waals surface area contributed by atoms with E-state index in [1.165, 1.54) is 6.08 Å². The Labute approximate surface area is 183 Å². The predicted molar refractivity (Wildman–Crippen MR) is 122 cm³/mol. The first-order chi connectivity index (χ1) is 15.2. The summed E-state index contributed by atoms with van der Waals surface area (Å²) in [5.74, 6) is -1.00. The third kappa shape index (κ3) is 5.34. The van der Waals surface area contributed by atoms with Crippen molar-refractivity contribution < 1.29 is 14.3 Å². The van der Waals surface area contributed by atoms with Crippen LogP contribution in [0.4, 0.5) is 5.69 Å². The van der Waals surface area contributed by atoms with Crippen molar-refractivity contribution in [2.24, 2.45) is 0 Å². The topological polar surface area (TPSA) is 73.2 Å². The summed E-state index contributed by atoms with van der Waals surface area (Å²) >= 11 is 1.57.